The third-order valence-electron chi connectivity index (χ3n) is 2.41. The molecule has 1 aliphatic rings. The number of hydrogen-bond acceptors (Lipinski definition) is 3. The maximum atomic E-state index is 11.6. The predicted octanol–water partition coefficient (Wildman–Crippen LogP) is 0.0996. The van der Waals surface area contributed by atoms with E-state index in [2.05, 4.69) is 23.3 Å². The van der Waals surface area contributed by atoms with Crippen LogP contribution in [0.15, 0.2) is 30.3 Å². The highest BCUT2D eigenvalue weighted by Crippen LogP contribution is 2.10. The minimum absolute atomic E-state index is 0.162. The molecule has 1 aromatic rings. The molecule has 2 rings (SSSR count). The van der Waals surface area contributed by atoms with Crippen LogP contribution in [0.5, 0.6) is 0 Å². The number of carbonyl (C=O) groups is 2. The number of amides is 2. The molecule has 2 atom stereocenters. The summed E-state index contributed by atoms with van der Waals surface area (Å²) in [5.74, 6) is -0.341. The van der Waals surface area contributed by atoms with Gasteiger partial charge in [0.25, 0.3) is 0 Å². The molecule has 1 aromatic carbocycles. The van der Waals surface area contributed by atoms with Crippen LogP contribution in [0.4, 0.5) is 0 Å². The number of rotatable bonds is 3. The number of thiol groups is 1. The lowest BCUT2D eigenvalue weighted by atomic mass is 10.1. The van der Waals surface area contributed by atoms with E-state index in [4.69, 9.17) is 0 Å². The lowest BCUT2D eigenvalue weighted by molar-refractivity contribution is -0.133. The van der Waals surface area contributed by atoms with Crippen molar-refractivity contribution >= 4 is 24.4 Å². The van der Waals surface area contributed by atoms with Crippen molar-refractivity contribution < 1.29 is 9.59 Å². The standard InChI is InChI=1S/C11H12N2O2S/c14-8(6-7-4-2-1-3-5-7)12-9-10(15)13-11(9)16/h1-5,9,11,16H,6H2,(H,12,14)(H,13,15)/t9?,11-/m1/s1. The fourth-order valence-corrected chi connectivity index (χ4v) is 1.85. The molecule has 0 bridgehead atoms. The zero-order valence-corrected chi connectivity index (χ0v) is 9.41. The zero-order valence-electron chi connectivity index (χ0n) is 8.51. The van der Waals surface area contributed by atoms with Crippen LogP contribution in [0, 0.1) is 0 Å². The second-order valence-corrected chi connectivity index (χ2v) is 4.22. The van der Waals surface area contributed by atoms with Gasteiger partial charge < -0.3 is 10.6 Å². The number of carbonyl (C=O) groups excluding carboxylic acids is 2. The first kappa shape index (κ1) is 11.0. The van der Waals surface area contributed by atoms with Crippen LogP contribution >= 0.6 is 12.6 Å². The van der Waals surface area contributed by atoms with Gasteiger partial charge in [0.15, 0.2) is 0 Å². The van der Waals surface area contributed by atoms with Crippen molar-refractivity contribution in [1.29, 1.82) is 0 Å². The fourth-order valence-electron chi connectivity index (χ4n) is 1.52. The van der Waals surface area contributed by atoms with Gasteiger partial charge in [0.1, 0.15) is 11.4 Å². The Balaban J connectivity index is 1.87. The van der Waals surface area contributed by atoms with Gasteiger partial charge in [0.2, 0.25) is 11.8 Å². The molecule has 0 aromatic heterocycles. The predicted molar refractivity (Wildman–Crippen MR) is 63.0 cm³/mol. The molecule has 1 saturated heterocycles. The molecule has 1 unspecified atom stereocenters. The van der Waals surface area contributed by atoms with E-state index in [1.54, 1.807) is 0 Å². The average molecular weight is 236 g/mol. The lowest BCUT2D eigenvalue weighted by Crippen LogP contribution is -2.67. The molecule has 16 heavy (non-hydrogen) atoms. The van der Waals surface area contributed by atoms with Crippen molar-refractivity contribution in [3.8, 4) is 0 Å². The third kappa shape index (κ3) is 2.36. The maximum absolute atomic E-state index is 11.6. The molecule has 0 aliphatic carbocycles. The first-order valence-corrected chi connectivity index (χ1v) is 5.50. The Morgan fingerprint density at radius 3 is 2.62 bits per heavy atom. The highest BCUT2D eigenvalue weighted by Gasteiger charge is 2.37. The Morgan fingerprint density at radius 1 is 1.38 bits per heavy atom. The molecule has 0 spiro atoms. The topological polar surface area (TPSA) is 58.2 Å². The minimum Gasteiger partial charge on any atom is -0.341 e. The van der Waals surface area contributed by atoms with E-state index < -0.39 is 6.04 Å². The summed E-state index contributed by atoms with van der Waals surface area (Å²) < 4.78 is 0. The van der Waals surface area contributed by atoms with E-state index in [-0.39, 0.29) is 23.6 Å². The zero-order chi connectivity index (χ0) is 11.5. The van der Waals surface area contributed by atoms with Crippen molar-refractivity contribution in [2.75, 3.05) is 0 Å². The second kappa shape index (κ2) is 4.57. The Labute approximate surface area is 98.8 Å². The Morgan fingerprint density at radius 2 is 2.06 bits per heavy atom. The van der Waals surface area contributed by atoms with E-state index in [1.165, 1.54) is 0 Å². The lowest BCUT2D eigenvalue weighted by Gasteiger charge is -2.33. The van der Waals surface area contributed by atoms with E-state index in [0.29, 0.717) is 0 Å². The Kier molecular flexibility index (Phi) is 3.14. The van der Waals surface area contributed by atoms with Crippen LogP contribution in [0.2, 0.25) is 0 Å². The quantitative estimate of drug-likeness (QED) is 0.515. The van der Waals surface area contributed by atoms with E-state index in [9.17, 15) is 9.59 Å². The maximum Gasteiger partial charge on any atom is 0.246 e. The van der Waals surface area contributed by atoms with Gasteiger partial charge in [-0.25, -0.2) is 0 Å². The van der Waals surface area contributed by atoms with Gasteiger partial charge in [0, 0.05) is 0 Å². The molecule has 4 nitrogen and oxygen atoms in total. The molecule has 84 valence electrons. The first-order valence-electron chi connectivity index (χ1n) is 4.98. The van der Waals surface area contributed by atoms with Gasteiger partial charge in [0.05, 0.1) is 6.42 Å². The minimum atomic E-state index is -0.500. The summed E-state index contributed by atoms with van der Waals surface area (Å²) in [5, 5.41) is 4.90. The number of benzene rings is 1. The summed E-state index contributed by atoms with van der Waals surface area (Å²) in [5.41, 5.74) is 0.926. The van der Waals surface area contributed by atoms with E-state index in [1.807, 2.05) is 30.3 Å². The first-order chi connectivity index (χ1) is 7.66. The van der Waals surface area contributed by atoms with Crippen LogP contribution in [-0.2, 0) is 16.0 Å². The number of nitrogens with one attached hydrogen (secondary N) is 2. The number of β-lactam (4-membered cyclic amide) rings is 1. The van der Waals surface area contributed by atoms with Crippen molar-refractivity contribution in [1.82, 2.24) is 10.6 Å². The van der Waals surface area contributed by atoms with Gasteiger partial charge in [-0.2, -0.15) is 12.6 Å². The molecule has 1 heterocycles. The summed E-state index contributed by atoms with van der Waals surface area (Å²) in [6.45, 7) is 0. The van der Waals surface area contributed by atoms with Gasteiger partial charge in [-0.05, 0) is 5.56 Å². The summed E-state index contributed by atoms with van der Waals surface area (Å²) in [7, 11) is 0. The largest absolute Gasteiger partial charge is 0.341 e. The van der Waals surface area contributed by atoms with E-state index >= 15 is 0 Å². The molecule has 1 aliphatic heterocycles. The van der Waals surface area contributed by atoms with Crippen LogP contribution in [-0.4, -0.2) is 23.2 Å². The molecular weight excluding hydrogens is 224 g/mol. The van der Waals surface area contributed by atoms with Crippen LogP contribution in [0.3, 0.4) is 0 Å². The van der Waals surface area contributed by atoms with Crippen molar-refractivity contribution in [3.63, 3.8) is 0 Å². The van der Waals surface area contributed by atoms with Crippen molar-refractivity contribution in [3.05, 3.63) is 35.9 Å². The molecule has 2 amide bonds. The highest BCUT2D eigenvalue weighted by atomic mass is 32.1. The smallest absolute Gasteiger partial charge is 0.246 e. The third-order valence-corrected chi connectivity index (χ3v) is 2.84. The number of hydrogen-bond donors (Lipinski definition) is 3. The summed E-state index contributed by atoms with van der Waals surface area (Å²) in [6.07, 6.45) is 0.283. The molecule has 0 radical (unpaired) electrons. The van der Waals surface area contributed by atoms with Gasteiger partial charge in [-0.1, -0.05) is 30.3 Å². The SMILES string of the molecule is O=C(Cc1ccccc1)NC1C(=O)N[C@@H]1S. The van der Waals surface area contributed by atoms with Crippen LogP contribution < -0.4 is 10.6 Å². The molecule has 1 fully saturated rings. The second-order valence-electron chi connectivity index (χ2n) is 3.66. The summed E-state index contributed by atoms with van der Waals surface area (Å²) >= 11 is 4.09. The Bertz CT molecular complexity index is 408. The van der Waals surface area contributed by atoms with Crippen LogP contribution in [0.25, 0.3) is 0 Å². The highest BCUT2D eigenvalue weighted by molar-refractivity contribution is 7.81. The molecule has 0 saturated carbocycles. The van der Waals surface area contributed by atoms with E-state index in [0.717, 1.165) is 5.56 Å². The monoisotopic (exact) mass is 236 g/mol. The van der Waals surface area contributed by atoms with Gasteiger partial charge in [-0.15, -0.1) is 0 Å². The van der Waals surface area contributed by atoms with Gasteiger partial charge in [-0.3, -0.25) is 9.59 Å². The average Bonchev–Trinajstić information content (AvgIpc) is 2.28. The molecular formula is C11H12N2O2S. The van der Waals surface area contributed by atoms with Crippen molar-refractivity contribution in [2.24, 2.45) is 0 Å². The fraction of sp³-hybridized carbons (Fsp3) is 0.273. The summed E-state index contributed by atoms with van der Waals surface area (Å²) in [6, 6.07) is 8.89. The molecule has 5 heteroatoms. The molecule has 2 N–H and O–H groups in total. The Hall–Kier alpha value is -1.49. The van der Waals surface area contributed by atoms with Crippen LogP contribution in [0.1, 0.15) is 5.56 Å². The van der Waals surface area contributed by atoms with Crippen molar-refractivity contribution in [2.45, 2.75) is 17.8 Å². The summed E-state index contributed by atoms with van der Waals surface area (Å²) in [4.78, 5) is 22.6. The van der Waals surface area contributed by atoms with Gasteiger partial charge >= 0.3 is 0 Å². The normalized spacial score (nSPS) is 23.2.